The number of primary amides is 1. The lowest BCUT2D eigenvalue weighted by molar-refractivity contribution is 0.100. The number of carbonyl (C=O) groups is 1. The number of nitrogens with one attached hydrogen (secondary N) is 1. The third-order valence-corrected chi connectivity index (χ3v) is 3.69. The Labute approximate surface area is 132 Å². The zero-order valence-corrected chi connectivity index (χ0v) is 12.5. The normalized spacial score (nSPS) is 10.6. The van der Waals surface area contributed by atoms with E-state index >= 15 is 0 Å². The van der Waals surface area contributed by atoms with Gasteiger partial charge >= 0.3 is 0 Å². The quantitative estimate of drug-likeness (QED) is 0.723. The zero-order chi connectivity index (χ0) is 15.5. The van der Waals surface area contributed by atoms with Crippen LogP contribution in [0.25, 0.3) is 10.8 Å². The van der Waals surface area contributed by atoms with Crippen LogP contribution in [0.1, 0.15) is 15.9 Å². The van der Waals surface area contributed by atoms with Gasteiger partial charge in [0.2, 0.25) is 0 Å². The second-order valence-electron chi connectivity index (χ2n) is 4.91. The summed E-state index contributed by atoms with van der Waals surface area (Å²) in [7, 11) is 0. The lowest BCUT2D eigenvalue weighted by atomic mass is 10.0. The van der Waals surface area contributed by atoms with Gasteiger partial charge in [-0.25, -0.2) is 4.98 Å². The molecule has 0 unspecified atom stereocenters. The maximum Gasteiger partial charge on any atom is 0.252 e. The second kappa shape index (κ2) is 6.03. The highest BCUT2D eigenvalue weighted by Crippen LogP contribution is 2.22. The summed E-state index contributed by atoms with van der Waals surface area (Å²) in [5.74, 6) is -0.537. The van der Waals surface area contributed by atoms with E-state index in [1.807, 2.05) is 24.3 Å². The van der Waals surface area contributed by atoms with E-state index in [4.69, 9.17) is 17.3 Å². The number of carbonyl (C=O) groups excluding carboxylic acids is 1. The number of rotatable bonds is 4. The Balaban J connectivity index is 1.92. The zero-order valence-electron chi connectivity index (χ0n) is 11.7. The van der Waals surface area contributed by atoms with Gasteiger partial charge in [0.25, 0.3) is 5.91 Å². The molecule has 2 aromatic carbocycles. The Morgan fingerprint density at radius 3 is 2.77 bits per heavy atom. The van der Waals surface area contributed by atoms with Crippen LogP contribution < -0.4 is 11.1 Å². The molecule has 5 heteroatoms. The molecule has 110 valence electrons. The molecule has 0 aliphatic carbocycles. The third kappa shape index (κ3) is 2.87. The van der Waals surface area contributed by atoms with Gasteiger partial charge in [0.1, 0.15) is 5.15 Å². The van der Waals surface area contributed by atoms with Crippen LogP contribution in [0.4, 0.5) is 5.69 Å². The molecule has 3 N–H and O–H groups in total. The van der Waals surface area contributed by atoms with Crippen molar-refractivity contribution >= 4 is 34.0 Å². The van der Waals surface area contributed by atoms with Gasteiger partial charge in [0.05, 0.1) is 11.3 Å². The SMILES string of the molecule is NC(=O)c1cnc(Cl)cc1NCc1cccc2ccccc12. The van der Waals surface area contributed by atoms with E-state index in [-0.39, 0.29) is 0 Å². The average Bonchev–Trinajstić information content (AvgIpc) is 2.52. The number of nitrogens with zero attached hydrogens (tertiary/aromatic N) is 1. The van der Waals surface area contributed by atoms with Crippen LogP contribution in [0.15, 0.2) is 54.7 Å². The molecule has 0 radical (unpaired) electrons. The van der Waals surface area contributed by atoms with Gasteiger partial charge in [0.15, 0.2) is 0 Å². The van der Waals surface area contributed by atoms with E-state index in [0.29, 0.717) is 22.9 Å². The third-order valence-electron chi connectivity index (χ3n) is 3.49. The van der Waals surface area contributed by atoms with Crippen LogP contribution in [0.5, 0.6) is 0 Å². The van der Waals surface area contributed by atoms with Gasteiger partial charge in [-0.05, 0) is 22.4 Å². The maximum atomic E-state index is 11.5. The fourth-order valence-electron chi connectivity index (χ4n) is 2.41. The van der Waals surface area contributed by atoms with Crippen molar-refractivity contribution in [3.8, 4) is 0 Å². The molecule has 0 fully saturated rings. The van der Waals surface area contributed by atoms with Gasteiger partial charge in [-0.15, -0.1) is 0 Å². The number of benzene rings is 2. The minimum absolute atomic E-state index is 0.311. The van der Waals surface area contributed by atoms with E-state index < -0.39 is 5.91 Å². The van der Waals surface area contributed by atoms with Crippen LogP contribution >= 0.6 is 11.6 Å². The van der Waals surface area contributed by atoms with Gasteiger partial charge < -0.3 is 11.1 Å². The molecule has 0 saturated heterocycles. The molecule has 0 aliphatic rings. The molecule has 0 spiro atoms. The first-order chi connectivity index (χ1) is 10.6. The lowest BCUT2D eigenvalue weighted by Gasteiger charge is -2.12. The molecule has 1 amide bonds. The first kappa shape index (κ1) is 14.4. The Kier molecular flexibility index (Phi) is 3.94. The molecule has 22 heavy (non-hydrogen) atoms. The summed E-state index contributed by atoms with van der Waals surface area (Å²) in [4.78, 5) is 15.3. The number of aromatic nitrogens is 1. The molecule has 0 aliphatic heterocycles. The van der Waals surface area contributed by atoms with Crippen molar-refractivity contribution in [1.82, 2.24) is 4.98 Å². The van der Waals surface area contributed by atoms with E-state index in [2.05, 4.69) is 28.5 Å². The van der Waals surface area contributed by atoms with E-state index in [1.165, 1.54) is 17.0 Å². The first-order valence-corrected chi connectivity index (χ1v) is 7.19. The summed E-state index contributed by atoms with van der Waals surface area (Å²) in [5, 5.41) is 5.87. The van der Waals surface area contributed by atoms with Crippen LogP contribution in [-0.4, -0.2) is 10.9 Å². The highest BCUT2D eigenvalue weighted by molar-refractivity contribution is 6.29. The average molecular weight is 312 g/mol. The first-order valence-electron chi connectivity index (χ1n) is 6.81. The topological polar surface area (TPSA) is 68.0 Å². The standard InChI is InChI=1S/C17H14ClN3O/c18-16-8-15(14(10-21-16)17(19)22)20-9-12-6-3-5-11-4-1-2-7-13(11)12/h1-8,10H,9H2,(H2,19,22)(H,20,21). The summed E-state index contributed by atoms with van der Waals surface area (Å²) >= 11 is 5.90. The van der Waals surface area contributed by atoms with Crippen molar-refractivity contribution in [3.63, 3.8) is 0 Å². The Morgan fingerprint density at radius 2 is 1.95 bits per heavy atom. The summed E-state index contributed by atoms with van der Waals surface area (Å²) in [5.41, 5.74) is 7.40. The van der Waals surface area contributed by atoms with Gasteiger partial charge in [0, 0.05) is 12.7 Å². The number of hydrogen-bond acceptors (Lipinski definition) is 3. The van der Waals surface area contributed by atoms with E-state index in [9.17, 15) is 4.79 Å². The molecule has 0 saturated carbocycles. The van der Waals surface area contributed by atoms with Crippen molar-refractivity contribution in [2.24, 2.45) is 5.73 Å². The molecule has 1 heterocycles. The Hall–Kier alpha value is -2.59. The van der Waals surface area contributed by atoms with Crippen LogP contribution in [-0.2, 0) is 6.54 Å². The van der Waals surface area contributed by atoms with Crippen LogP contribution in [0.3, 0.4) is 0 Å². The second-order valence-corrected chi connectivity index (χ2v) is 5.30. The van der Waals surface area contributed by atoms with Crippen molar-refractivity contribution in [2.45, 2.75) is 6.54 Å². The Morgan fingerprint density at radius 1 is 1.18 bits per heavy atom. The fourth-order valence-corrected chi connectivity index (χ4v) is 2.57. The number of hydrogen-bond donors (Lipinski definition) is 2. The number of fused-ring (bicyclic) bond motifs is 1. The van der Waals surface area contributed by atoms with Crippen molar-refractivity contribution < 1.29 is 4.79 Å². The Bertz CT molecular complexity index is 843. The van der Waals surface area contributed by atoms with Crippen LogP contribution in [0.2, 0.25) is 5.15 Å². The van der Waals surface area contributed by atoms with Crippen molar-refractivity contribution in [1.29, 1.82) is 0 Å². The predicted molar refractivity (Wildman–Crippen MR) is 89.0 cm³/mol. The smallest absolute Gasteiger partial charge is 0.252 e. The lowest BCUT2D eigenvalue weighted by Crippen LogP contribution is -2.15. The highest BCUT2D eigenvalue weighted by Gasteiger charge is 2.10. The number of amides is 1. The number of pyridine rings is 1. The van der Waals surface area contributed by atoms with E-state index in [0.717, 1.165) is 5.56 Å². The monoisotopic (exact) mass is 311 g/mol. The minimum atomic E-state index is -0.537. The minimum Gasteiger partial charge on any atom is -0.380 e. The molecule has 1 aromatic heterocycles. The largest absolute Gasteiger partial charge is 0.380 e. The number of nitrogens with two attached hydrogens (primary N) is 1. The summed E-state index contributed by atoms with van der Waals surface area (Å²) in [6.07, 6.45) is 1.39. The maximum absolute atomic E-state index is 11.5. The molecular formula is C17H14ClN3O. The van der Waals surface area contributed by atoms with E-state index in [1.54, 1.807) is 6.07 Å². The summed E-state index contributed by atoms with van der Waals surface area (Å²) < 4.78 is 0. The molecule has 3 rings (SSSR count). The summed E-state index contributed by atoms with van der Waals surface area (Å²) in [6, 6.07) is 15.9. The number of anilines is 1. The molecule has 3 aromatic rings. The fraction of sp³-hybridized carbons (Fsp3) is 0.0588. The molecule has 0 atom stereocenters. The van der Waals surface area contributed by atoms with Crippen molar-refractivity contribution in [3.05, 3.63) is 71.0 Å². The molecule has 4 nitrogen and oxygen atoms in total. The number of halogens is 1. The molecular weight excluding hydrogens is 298 g/mol. The summed E-state index contributed by atoms with van der Waals surface area (Å²) in [6.45, 7) is 0.558. The van der Waals surface area contributed by atoms with Gasteiger partial charge in [-0.2, -0.15) is 0 Å². The van der Waals surface area contributed by atoms with Gasteiger partial charge in [-0.3, -0.25) is 4.79 Å². The van der Waals surface area contributed by atoms with Gasteiger partial charge in [-0.1, -0.05) is 54.1 Å². The van der Waals surface area contributed by atoms with Crippen LogP contribution in [0, 0.1) is 0 Å². The molecule has 0 bridgehead atoms. The van der Waals surface area contributed by atoms with Crippen molar-refractivity contribution in [2.75, 3.05) is 5.32 Å². The predicted octanol–water partition coefficient (Wildman–Crippen LogP) is 3.60. The highest BCUT2D eigenvalue weighted by atomic mass is 35.5.